The maximum absolute atomic E-state index is 12.8. The van der Waals surface area contributed by atoms with E-state index < -0.39 is 0 Å². The zero-order valence-electron chi connectivity index (χ0n) is 15.0. The van der Waals surface area contributed by atoms with Gasteiger partial charge in [0.15, 0.2) is 0 Å². The quantitative estimate of drug-likeness (QED) is 0.762. The maximum Gasteiger partial charge on any atom is 0.236 e. The Kier molecular flexibility index (Phi) is 4.38. The van der Waals surface area contributed by atoms with Gasteiger partial charge in [-0.3, -0.25) is 14.5 Å². The lowest BCUT2D eigenvalue weighted by molar-refractivity contribution is -0.168. The fraction of sp³-hybridized carbons (Fsp3) is 0.706. The molecule has 2 aliphatic heterocycles. The van der Waals surface area contributed by atoms with Gasteiger partial charge in [-0.05, 0) is 33.2 Å². The Morgan fingerprint density at radius 1 is 1.33 bits per heavy atom. The molecule has 0 aliphatic carbocycles. The second-order valence-electron chi connectivity index (χ2n) is 7.35. The van der Waals surface area contributed by atoms with E-state index in [0.717, 1.165) is 42.9 Å². The number of carbonyl (C=O) groups is 2. The van der Waals surface area contributed by atoms with Crippen molar-refractivity contribution in [3.63, 3.8) is 0 Å². The Labute approximate surface area is 142 Å². The summed E-state index contributed by atoms with van der Waals surface area (Å²) in [6.45, 7) is 7.07. The first-order valence-corrected chi connectivity index (χ1v) is 8.46. The molecule has 7 heteroatoms. The molecule has 1 spiro atoms. The minimum absolute atomic E-state index is 0.0893. The molecule has 0 saturated carbocycles. The largest absolute Gasteiger partial charge is 0.361 e. The summed E-state index contributed by atoms with van der Waals surface area (Å²) < 4.78 is 5.18. The van der Waals surface area contributed by atoms with Crippen molar-refractivity contribution >= 4 is 11.8 Å². The summed E-state index contributed by atoms with van der Waals surface area (Å²) in [5, 5.41) is 3.95. The highest BCUT2D eigenvalue weighted by molar-refractivity contribution is 5.89. The van der Waals surface area contributed by atoms with Crippen LogP contribution in [0.3, 0.4) is 0 Å². The van der Waals surface area contributed by atoms with Crippen molar-refractivity contribution in [2.24, 2.45) is 5.41 Å². The number of amides is 2. The van der Waals surface area contributed by atoms with Crippen LogP contribution in [0.1, 0.15) is 29.9 Å². The lowest BCUT2D eigenvalue weighted by Gasteiger charge is -2.53. The van der Waals surface area contributed by atoms with Gasteiger partial charge in [0, 0.05) is 32.7 Å². The average molecular weight is 334 g/mol. The highest BCUT2D eigenvalue weighted by Gasteiger charge is 2.53. The third-order valence-electron chi connectivity index (χ3n) is 5.28. The van der Waals surface area contributed by atoms with Crippen molar-refractivity contribution in [1.29, 1.82) is 0 Å². The van der Waals surface area contributed by atoms with Gasteiger partial charge < -0.3 is 14.3 Å². The second-order valence-corrected chi connectivity index (χ2v) is 7.35. The Morgan fingerprint density at radius 2 is 2.08 bits per heavy atom. The average Bonchev–Trinajstić information content (AvgIpc) is 2.86. The summed E-state index contributed by atoms with van der Waals surface area (Å²) in [4.78, 5) is 30.3. The molecule has 3 heterocycles. The molecule has 0 bridgehead atoms. The predicted octanol–water partition coefficient (Wildman–Crippen LogP) is 0.804. The molecule has 1 atom stereocenters. The normalized spacial score (nSPS) is 24.3. The number of aryl methyl sites for hydroxylation is 2. The van der Waals surface area contributed by atoms with Gasteiger partial charge in [-0.1, -0.05) is 5.16 Å². The summed E-state index contributed by atoms with van der Waals surface area (Å²) in [5.41, 5.74) is 1.56. The third kappa shape index (κ3) is 2.92. The number of β-lactam (4-membered cyclic amide) rings is 1. The topological polar surface area (TPSA) is 69.9 Å². The van der Waals surface area contributed by atoms with Gasteiger partial charge >= 0.3 is 0 Å². The van der Waals surface area contributed by atoms with Crippen LogP contribution in [0.2, 0.25) is 0 Å². The molecule has 2 fully saturated rings. The first-order chi connectivity index (χ1) is 11.3. The number of aromatic nitrogens is 1. The van der Waals surface area contributed by atoms with E-state index in [-0.39, 0.29) is 17.2 Å². The molecule has 7 nitrogen and oxygen atoms in total. The molecular formula is C17H26N4O3. The lowest BCUT2D eigenvalue weighted by atomic mass is 9.72. The first-order valence-electron chi connectivity index (χ1n) is 8.46. The van der Waals surface area contributed by atoms with E-state index in [1.807, 2.05) is 18.7 Å². The van der Waals surface area contributed by atoms with Gasteiger partial charge in [-0.2, -0.15) is 0 Å². The molecule has 1 unspecified atom stereocenters. The van der Waals surface area contributed by atoms with Crippen LogP contribution in [0.5, 0.6) is 0 Å². The van der Waals surface area contributed by atoms with Crippen LogP contribution < -0.4 is 0 Å². The maximum atomic E-state index is 12.8. The molecule has 24 heavy (non-hydrogen) atoms. The summed E-state index contributed by atoms with van der Waals surface area (Å²) >= 11 is 0. The first kappa shape index (κ1) is 17.0. The Bertz CT molecular complexity index is 635. The van der Waals surface area contributed by atoms with E-state index in [9.17, 15) is 9.59 Å². The number of piperidine rings is 1. The monoisotopic (exact) mass is 334 g/mol. The summed E-state index contributed by atoms with van der Waals surface area (Å²) in [5.74, 6) is 1.07. The standard InChI is InChI=1S/C17H26N4O3/c1-12-14(13(2)24-18-12)8-21-11-17(16(21)23)6-5-7-20(10-17)9-15(22)19(3)4/h5-11H2,1-4H3. The van der Waals surface area contributed by atoms with E-state index >= 15 is 0 Å². The van der Waals surface area contributed by atoms with Gasteiger partial charge in [-0.25, -0.2) is 0 Å². The van der Waals surface area contributed by atoms with Crippen LogP contribution in [-0.2, 0) is 16.1 Å². The van der Waals surface area contributed by atoms with Crippen molar-refractivity contribution < 1.29 is 14.1 Å². The van der Waals surface area contributed by atoms with Crippen LogP contribution in [0.15, 0.2) is 4.52 Å². The highest BCUT2D eigenvalue weighted by atomic mass is 16.5. The zero-order chi connectivity index (χ0) is 17.5. The molecule has 2 amide bonds. The molecular weight excluding hydrogens is 308 g/mol. The minimum Gasteiger partial charge on any atom is -0.361 e. The van der Waals surface area contributed by atoms with Gasteiger partial charge in [0.2, 0.25) is 11.8 Å². The van der Waals surface area contributed by atoms with Gasteiger partial charge in [0.25, 0.3) is 0 Å². The van der Waals surface area contributed by atoms with Crippen molar-refractivity contribution in [2.45, 2.75) is 33.2 Å². The smallest absolute Gasteiger partial charge is 0.236 e. The molecule has 2 aliphatic rings. The molecule has 132 valence electrons. The van der Waals surface area contributed by atoms with Crippen molar-refractivity contribution in [3.8, 4) is 0 Å². The number of likely N-dealkylation sites (N-methyl/N-ethyl adjacent to an activating group) is 1. The van der Waals surface area contributed by atoms with Crippen LogP contribution in [-0.4, -0.2) is 71.9 Å². The van der Waals surface area contributed by atoms with Crippen LogP contribution in [0.25, 0.3) is 0 Å². The van der Waals surface area contributed by atoms with Crippen molar-refractivity contribution in [2.75, 3.05) is 40.3 Å². The second kappa shape index (κ2) is 6.20. The lowest BCUT2D eigenvalue weighted by Crippen LogP contribution is -2.66. The molecule has 1 aromatic heterocycles. The molecule has 0 aromatic carbocycles. The van der Waals surface area contributed by atoms with E-state index in [2.05, 4.69) is 10.1 Å². The predicted molar refractivity (Wildman–Crippen MR) is 88.2 cm³/mol. The number of likely N-dealkylation sites (tertiary alicyclic amines) is 2. The summed E-state index contributed by atoms with van der Waals surface area (Å²) in [6, 6.07) is 0. The van der Waals surface area contributed by atoms with Crippen molar-refractivity contribution in [3.05, 3.63) is 17.0 Å². The molecule has 1 aromatic rings. The fourth-order valence-corrected chi connectivity index (χ4v) is 3.79. The molecule has 3 rings (SSSR count). The summed E-state index contributed by atoms with van der Waals surface area (Å²) in [7, 11) is 3.53. The SMILES string of the molecule is Cc1noc(C)c1CN1CC2(CCCN(CC(=O)N(C)C)C2)C1=O. The Hall–Kier alpha value is -1.89. The summed E-state index contributed by atoms with van der Waals surface area (Å²) in [6.07, 6.45) is 1.88. The van der Waals surface area contributed by atoms with E-state index in [0.29, 0.717) is 19.6 Å². The Morgan fingerprint density at radius 3 is 2.67 bits per heavy atom. The number of hydrogen-bond acceptors (Lipinski definition) is 5. The van der Waals surface area contributed by atoms with Gasteiger partial charge in [-0.15, -0.1) is 0 Å². The third-order valence-corrected chi connectivity index (χ3v) is 5.28. The molecule has 0 N–H and O–H groups in total. The fourth-order valence-electron chi connectivity index (χ4n) is 3.79. The van der Waals surface area contributed by atoms with Crippen molar-refractivity contribution in [1.82, 2.24) is 19.9 Å². The number of nitrogens with zero attached hydrogens (tertiary/aromatic N) is 4. The van der Waals surface area contributed by atoms with Gasteiger partial charge in [0.1, 0.15) is 5.76 Å². The Balaban J connectivity index is 1.62. The number of rotatable bonds is 4. The molecule has 0 radical (unpaired) electrons. The number of carbonyl (C=O) groups excluding carboxylic acids is 2. The van der Waals surface area contributed by atoms with Crippen LogP contribution >= 0.6 is 0 Å². The molecule has 2 saturated heterocycles. The van der Waals surface area contributed by atoms with E-state index in [4.69, 9.17) is 4.52 Å². The van der Waals surface area contributed by atoms with Gasteiger partial charge in [0.05, 0.1) is 24.2 Å². The number of hydrogen-bond donors (Lipinski definition) is 0. The zero-order valence-corrected chi connectivity index (χ0v) is 15.0. The highest BCUT2D eigenvalue weighted by Crippen LogP contribution is 2.41. The van der Waals surface area contributed by atoms with E-state index in [1.165, 1.54) is 0 Å². The van der Waals surface area contributed by atoms with Crippen LogP contribution in [0.4, 0.5) is 0 Å². The minimum atomic E-state index is -0.302. The van der Waals surface area contributed by atoms with E-state index in [1.54, 1.807) is 19.0 Å². The van der Waals surface area contributed by atoms with Crippen LogP contribution in [0, 0.1) is 19.3 Å².